The Morgan fingerprint density at radius 1 is 0.636 bits per heavy atom. The van der Waals surface area contributed by atoms with Crippen LogP contribution in [0.5, 0.6) is 0 Å². The highest BCUT2D eigenvalue weighted by molar-refractivity contribution is 4.92. The van der Waals surface area contributed by atoms with Gasteiger partial charge in [-0.1, -0.05) is 19.3 Å². The molecule has 4 saturated carbocycles. The molecule has 0 heteroatoms. The van der Waals surface area contributed by atoms with E-state index in [0.29, 0.717) is 0 Å². The van der Waals surface area contributed by atoms with Crippen molar-refractivity contribution in [1.29, 1.82) is 0 Å². The first-order chi connectivity index (χ1) is 5.42. The molecule has 0 amide bonds. The van der Waals surface area contributed by atoms with Crippen molar-refractivity contribution in [2.45, 2.75) is 44.9 Å². The van der Waals surface area contributed by atoms with E-state index in [9.17, 15) is 0 Å². The lowest BCUT2D eigenvalue weighted by molar-refractivity contribution is 0.0180. The second-order valence-corrected chi connectivity index (χ2v) is 5.13. The van der Waals surface area contributed by atoms with E-state index in [1.54, 1.807) is 38.5 Å². The molecular formula is C11H18. The largest absolute Gasteiger partial charge is 0.0528 e. The second kappa shape index (κ2) is 2.24. The van der Waals surface area contributed by atoms with Gasteiger partial charge in [0, 0.05) is 0 Å². The molecule has 62 valence electrons. The van der Waals surface area contributed by atoms with Gasteiger partial charge >= 0.3 is 0 Å². The Bertz CT molecular complexity index is 141. The van der Waals surface area contributed by atoms with Crippen molar-refractivity contribution in [1.82, 2.24) is 0 Å². The predicted molar refractivity (Wildman–Crippen MR) is 46.3 cm³/mol. The van der Waals surface area contributed by atoms with Crippen LogP contribution in [-0.2, 0) is 0 Å². The van der Waals surface area contributed by atoms with Crippen LogP contribution in [0, 0.1) is 23.7 Å². The summed E-state index contributed by atoms with van der Waals surface area (Å²) in [5.74, 6) is 4.72. The Hall–Kier alpha value is 0. The maximum Gasteiger partial charge on any atom is -0.0381 e. The minimum atomic E-state index is 1.18. The van der Waals surface area contributed by atoms with Gasteiger partial charge in [-0.25, -0.2) is 0 Å². The fraction of sp³-hybridized carbons (Fsp3) is 1.00. The number of hydrogen-bond donors (Lipinski definition) is 0. The predicted octanol–water partition coefficient (Wildman–Crippen LogP) is 3.22. The third kappa shape index (κ3) is 0.947. The molecule has 0 aromatic carbocycles. The monoisotopic (exact) mass is 150 g/mol. The highest BCUT2D eigenvalue weighted by atomic mass is 14.5. The average molecular weight is 150 g/mol. The van der Waals surface area contributed by atoms with E-state index >= 15 is 0 Å². The summed E-state index contributed by atoms with van der Waals surface area (Å²) in [6.45, 7) is 0. The Balaban J connectivity index is 1.62. The summed E-state index contributed by atoms with van der Waals surface area (Å²) < 4.78 is 0. The van der Waals surface area contributed by atoms with E-state index < -0.39 is 0 Å². The maximum absolute atomic E-state index is 1.61. The molecular weight excluding hydrogens is 132 g/mol. The van der Waals surface area contributed by atoms with Crippen molar-refractivity contribution in [2.24, 2.45) is 23.7 Å². The van der Waals surface area contributed by atoms with Crippen LogP contribution in [0.1, 0.15) is 44.9 Å². The molecule has 11 heavy (non-hydrogen) atoms. The molecule has 0 aromatic heterocycles. The zero-order valence-electron chi connectivity index (χ0n) is 7.26. The molecule has 0 aliphatic heterocycles. The molecule has 0 spiro atoms. The summed E-state index contributed by atoms with van der Waals surface area (Å²) in [6, 6.07) is 0. The Labute approximate surface area is 69.4 Å². The van der Waals surface area contributed by atoms with Gasteiger partial charge in [-0.3, -0.25) is 0 Å². The van der Waals surface area contributed by atoms with Crippen molar-refractivity contribution < 1.29 is 0 Å². The third-order valence-corrected chi connectivity index (χ3v) is 4.42. The van der Waals surface area contributed by atoms with E-state index in [1.807, 2.05) is 0 Å². The molecule has 4 fully saturated rings. The summed E-state index contributed by atoms with van der Waals surface area (Å²) >= 11 is 0. The van der Waals surface area contributed by atoms with Crippen LogP contribution in [0.15, 0.2) is 0 Å². The van der Waals surface area contributed by atoms with Gasteiger partial charge in [-0.2, -0.15) is 0 Å². The minimum absolute atomic E-state index is 1.18. The molecule has 0 atom stereocenters. The summed E-state index contributed by atoms with van der Waals surface area (Å²) in [5.41, 5.74) is 0. The summed E-state index contributed by atoms with van der Waals surface area (Å²) in [4.78, 5) is 0. The Morgan fingerprint density at radius 3 is 1.73 bits per heavy atom. The summed E-state index contributed by atoms with van der Waals surface area (Å²) in [6.07, 6.45) is 11.1. The van der Waals surface area contributed by atoms with Gasteiger partial charge in [0.05, 0.1) is 0 Å². The average Bonchev–Trinajstić information content (AvgIpc) is 1.81. The van der Waals surface area contributed by atoms with Crippen LogP contribution in [0.25, 0.3) is 0 Å². The lowest BCUT2D eigenvalue weighted by Crippen LogP contribution is -2.38. The molecule has 4 aliphatic rings. The highest BCUT2D eigenvalue weighted by Crippen LogP contribution is 2.53. The lowest BCUT2D eigenvalue weighted by atomic mass is 9.56. The fourth-order valence-electron chi connectivity index (χ4n) is 3.51. The van der Waals surface area contributed by atoms with Crippen LogP contribution in [0.4, 0.5) is 0 Å². The molecule has 0 saturated heterocycles. The lowest BCUT2D eigenvalue weighted by Gasteiger charge is -2.49. The SMILES string of the molecule is C1CC(C2CC3CC(C3)C2)C1. The molecule has 0 aromatic rings. The quantitative estimate of drug-likeness (QED) is 0.538. The molecule has 2 bridgehead atoms. The summed E-state index contributed by atoms with van der Waals surface area (Å²) in [5, 5.41) is 0. The molecule has 4 rings (SSSR count). The van der Waals surface area contributed by atoms with E-state index in [1.165, 1.54) is 30.1 Å². The molecule has 0 nitrogen and oxygen atoms in total. The van der Waals surface area contributed by atoms with Crippen molar-refractivity contribution in [2.75, 3.05) is 0 Å². The smallest absolute Gasteiger partial charge is 0.0381 e. The van der Waals surface area contributed by atoms with Crippen molar-refractivity contribution >= 4 is 0 Å². The first-order valence-electron chi connectivity index (χ1n) is 5.42. The van der Waals surface area contributed by atoms with Crippen LogP contribution in [0.3, 0.4) is 0 Å². The number of rotatable bonds is 1. The minimum Gasteiger partial charge on any atom is -0.0528 e. The third-order valence-electron chi connectivity index (χ3n) is 4.42. The first-order valence-corrected chi connectivity index (χ1v) is 5.42. The second-order valence-electron chi connectivity index (χ2n) is 5.13. The standard InChI is InChI=1S/C11H18/c1-2-10(3-1)11-6-8-4-9(5-8)7-11/h8-11H,1-7H2. The number of fused-ring (bicyclic) bond motifs is 2. The van der Waals surface area contributed by atoms with E-state index in [0.717, 1.165) is 0 Å². The van der Waals surface area contributed by atoms with Crippen molar-refractivity contribution in [3.05, 3.63) is 0 Å². The molecule has 0 heterocycles. The van der Waals surface area contributed by atoms with Crippen molar-refractivity contribution in [3.63, 3.8) is 0 Å². The van der Waals surface area contributed by atoms with Crippen LogP contribution >= 0.6 is 0 Å². The van der Waals surface area contributed by atoms with Gasteiger partial charge in [-0.05, 0) is 49.4 Å². The van der Waals surface area contributed by atoms with E-state index in [2.05, 4.69) is 0 Å². The van der Waals surface area contributed by atoms with Crippen molar-refractivity contribution in [3.8, 4) is 0 Å². The van der Waals surface area contributed by atoms with Crippen LogP contribution in [0.2, 0.25) is 0 Å². The van der Waals surface area contributed by atoms with Gasteiger partial charge < -0.3 is 0 Å². The maximum atomic E-state index is 1.61. The zero-order chi connectivity index (χ0) is 7.26. The molecule has 4 aliphatic carbocycles. The van der Waals surface area contributed by atoms with Crippen LogP contribution in [-0.4, -0.2) is 0 Å². The van der Waals surface area contributed by atoms with E-state index in [4.69, 9.17) is 0 Å². The zero-order valence-corrected chi connectivity index (χ0v) is 7.26. The topological polar surface area (TPSA) is 0 Å². The Morgan fingerprint density at radius 2 is 1.27 bits per heavy atom. The molecule has 0 radical (unpaired) electrons. The van der Waals surface area contributed by atoms with Crippen LogP contribution < -0.4 is 0 Å². The van der Waals surface area contributed by atoms with Gasteiger partial charge in [0.1, 0.15) is 0 Å². The first kappa shape index (κ1) is 6.51. The van der Waals surface area contributed by atoms with Gasteiger partial charge in [0.25, 0.3) is 0 Å². The normalized spacial score (nSPS) is 49.6. The molecule has 0 unspecified atom stereocenters. The Kier molecular flexibility index (Phi) is 1.33. The van der Waals surface area contributed by atoms with Gasteiger partial charge in [-0.15, -0.1) is 0 Å². The molecule has 0 N–H and O–H groups in total. The fourth-order valence-corrected chi connectivity index (χ4v) is 3.51. The van der Waals surface area contributed by atoms with Gasteiger partial charge in [0.15, 0.2) is 0 Å². The van der Waals surface area contributed by atoms with E-state index in [-0.39, 0.29) is 0 Å². The highest BCUT2D eigenvalue weighted by Gasteiger charge is 2.41. The summed E-state index contributed by atoms with van der Waals surface area (Å²) in [7, 11) is 0. The number of hydrogen-bond acceptors (Lipinski definition) is 0. The van der Waals surface area contributed by atoms with Gasteiger partial charge in [0.2, 0.25) is 0 Å².